The normalized spacial score (nSPS) is 9.96. The van der Waals surface area contributed by atoms with Crippen LogP contribution in [0.4, 0.5) is 21.0 Å². The van der Waals surface area contributed by atoms with Gasteiger partial charge in [0.05, 0.1) is 12.3 Å². The first kappa shape index (κ1) is 17.3. The van der Waals surface area contributed by atoms with Crippen molar-refractivity contribution in [2.45, 2.75) is 13.8 Å². The van der Waals surface area contributed by atoms with Gasteiger partial charge >= 0.3 is 12.2 Å². The van der Waals surface area contributed by atoms with Gasteiger partial charge in [0.1, 0.15) is 5.75 Å². The number of hydrogen-bond acceptors (Lipinski definition) is 4. The van der Waals surface area contributed by atoms with Gasteiger partial charge in [-0.25, -0.2) is 9.59 Å². The second kappa shape index (κ2) is 8.01. The molecule has 24 heavy (non-hydrogen) atoms. The fourth-order valence-electron chi connectivity index (χ4n) is 2.05. The van der Waals surface area contributed by atoms with Crippen LogP contribution in [0.2, 0.25) is 0 Å². The molecule has 2 aromatic rings. The van der Waals surface area contributed by atoms with Crippen LogP contribution in [0.5, 0.6) is 5.75 Å². The molecule has 0 unspecified atom stereocenters. The Kier molecular flexibility index (Phi) is 5.78. The molecule has 0 bridgehead atoms. The first-order valence-electron chi connectivity index (χ1n) is 7.55. The van der Waals surface area contributed by atoms with Gasteiger partial charge < -0.3 is 9.47 Å². The quantitative estimate of drug-likeness (QED) is 0.913. The highest BCUT2D eigenvalue weighted by atomic mass is 16.6. The minimum absolute atomic E-state index is 0.290. The molecule has 0 aromatic heterocycles. The van der Waals surface area contributed by atoms with Crippen molar-refractivity contribution in [2.24, 2.45) is 0 Å². The molecule has 0 saturated heterocycles. The Hall–Kier alpha value is -3.02. The zero-order valence-corrected chi connectivity index (χ0v) is 13.9. The second-order valence-corrected chi connectivity index (χ2v) is 5.14. The van der Waals surface area contributed by atoms with Crippen molar-refractivity contribution < 1.29 is 19.1 Å². The molecule has 0 aliphatic heterocycles. The third-order valence-corrected chi connectivity index (χ3v) is 3.22. The summed E-state index contributed by atoms with van der Waals surface area (Å²) in [4.78, 5) is 25.0. The number of carbonyl (C=O) groups excluding carboxylic acids is 2. The van der Waals surface area contributed by atoms with E-state index in [-0.39, 0.29) is 6.61 Å². The van der Waals surface area contributed by atoms with E-state index in [1.165, 1.54) is 4.90 Å². The molecule has 2 rings (SSSR count). The van der Waals surface area contributed by atoms with Gasteiger partial charge in [0.2, 0.25) is 0 Å². The van der Waals surface area contributed by atoms with E-state index in [0.29, 0.717) is 17.1 Å². The molecular weight excluding hydrogens is 308 g/mol. The number of ether oxygens (including phenoxy) is 2. The summed E-state index contributed by atoms with van der Waals surface area (Å²) in [6.07, 6.45) is -1.07. The number of carbonyl (C=O) groups is 2. The predicted octanol–water partition coefficient (Wildman–Crippen LogP) is 4.20. The number of hydrogen-bond donors (Lipinski definition) is 1. The lowest BCUT2D eigenvalue weighted by Crippen LogP contribution is -2.27. The van der Waals surface area contributed by atoms with Crippen LogP contribution in [-0.2, 0) is 4.74 Å². The van der Waals surface area contributed by atoms with Crippen LogP contribution >= 0.6 is 0 Å². The van der Waals surface area contributed by atoms with Crippen molar-refractivity contribution in [2.75, 3.05) is 23.9 Å². The smallest absolute Gasteiger partial charge is 0.417 e. The van der Waals surface area contributed by atoms with Gasteiger partial charge in [-0.1, -0.05) is 18.2 Å². The molecule has 0 fully saturated rings. The largest absolute Gasteiger partial charge is 0.449 e. The minimum Gasteiger partial charge on any atom is -0.449 e. The molecule has 0 radical (unpaired) electrons. The number of benzene rings is 2. The van der Waals surface area contributed by atoms with Crippen molar-refractivity contribution >= 4 is 23.6 Å². The molecule has 0 aliphatic rings. The number of nitrogens with one attached hydrogen (secondary N) is 1. The first-order chi connectivity index (χ1) is 11.5. The molecule has 0 atom stereocenters. The van der Waals surface area contributed by atoms with E-state index in [2.05, 4.69) is 5.32 Å². The van der Waals surface area contributed by atoms with Crippen LogP contribution < -0.4 is 15.0 Å². The van der Waals surface area contributed by atoms with Crippen molar-refractivity contribution in [3.63, 3.8) is 0 Å². The van der Waals surface area contributed by atoms with Gasteiger partial charge in [-0.2, -0.15) is 0 Å². The highest BCUT2D eigenvalue weighted by Crippen LogP contribution is 2.21. The minimum atomic E-state index is -0.600. The lowest BCUT2D eigenvalue weighted by molar-refractivity contribution is 0.161. The summed E-state index contributed by atoms with van der Waals surface area (Å²) in [7, 11) is 1.59. The summed E-state index contributed by atoms with van der Waals surface area (Å²) >= 11 is 0. The fraction of sp³-hybridized carbons (Fsp3) is 0.222. The number of aryl methyl sites for hydroxylation is 1. The van der Waals surface area contributed by atoms with E-state index in [9.17, 15) is 9.59 Å². The van der Waals surface area contributed by atoms with E-state index in [1.807, 2.05) is 25.1 Å². The van der Waals surface area contributed by atoms with E-state index < -0.39 is 12.2 Å². The first-order valence-corrected chi connectivity index (χ1v) is 7.55. The summed E-state index contributed by atoms with van der Waals surface area (Å²) in [5.41, 5.74) is 2.25. The van der Waals surface area contributed by atoms with Crippen molar-refractivity contribution in [3.8, 4) is 5.75 Å². The maximum Gasteiger partial charge on any atom is 0.417 e. The van der Waals surface area contributed by atoms with Gasteiger partial charge in [0.25, 0.3) is 0 Å². The topological polar surface area (TPSA) is 67.9 Å². The Morgan fingerprint density at radius 3 is 2.58 bits per heavy atom. The lowest BCUT2D eigenvalue weighted by Gasteiger charge is -2.17. The molecule has 126 valence electrons. The van der Waals surface area contributed by atoms with Gasteiger partial charge in [-0.15, -0.1) is 0 Å². The van der Waals surface area contributed by atoms with Crippen LogP contribution in [-0.4, -0.2) is 25.8 Å². The third kappa shape index (κ3) is 4.74. The van der Waals surface area contributed by atoms with Gasteiger partial charge in [0, 0.05) is 18.8 Å². The Morgan fingerprint density at radius 1 is 1.12 bits per heavy atom. The van der Waals surface area contributed by atoms with Crippen molar-refractivity contribution in [1.29, 1.82) is 0 Å². The number of anilines is 2. The SMILES string of the molecule is CCOC(=O)N(C)c1cccc(OC(=O)Nc2cccc(C)c2)c1. The number of nitrogens with zero attached hydrogens (tertiary/aromatic N) is 1. The Balaban J connectivity index is 2.03. The number of rotatable bonds is 4. The molecule has 0 heterocycles. The Morgan fingerprint density at radius 2 is 1.88 bits per heavy atom. The van der Waals surface area contributed by atoms with Crippen LogP contribution in [0, 0.1) is 6.92 Å². The van der Waals surface area contributed by atoms with Crippen LogP contribution in [0.25, 0.3) is 0 Å². The van der Waals surface area contributed by atoms with Crippen molar-refractivity contribution in [1.82, 2.24) is 0 Å². The Labute approximate surface area is 141 Å². The summed E-state index contributed by atoms with van der Waals surface area (Å²) in [6.45, 7) is 3.96. The molecule has 2 amide bonds. The van der Waals surface area contributed by atoms with E-state index in [0.717, 1.165) is 5.56 Å². The molecule has 0 aliphatic carbocycles. The van der Waals surface area contributed by atoms with E-state index in [1.54, 1.807) is 44.3 Å². The van der Waals surface area contributed by atoms with Crippen LogP contribution in [0.3, 0.4) is 0 Å². The van der Waals surface area contributed by atoms with E-state index in [4.69, 9.17) is 9.47 Å². The monoisotopic (exact) mass is 328 g/mol. The maximum absolute atomic E-state index is 12.0. The van der Waals surface area contributed by atoms with Gasteiger partial charge in [-0.3, -0.25) is 10.2 Å². The van der Waals surface area contributed by atoms with Crippen LogP contribution in [0.15, 0.2) is 48.5 Å². The molecular formula is C18H20N2O4. The molecule has 0 spiro atoms. The van der Waals surface area contributed by atoms with E-state index >= 15 is 0 Å². The number of amides is 2. The molecule has 6 heteroatoms. The summed E-state index contributed by atoms with van der Waals surface area (Å²) in [6, 6.07) is 14.0. The summed E-state index contributed by atoms with van der Waals surface area (Å²) in [5.74, 6) is 0.328. The third-order valence-electron chi connectivity index (χ3n) is 3.22. The summed E-state index contributed by atoms with van der Waals surface area (Å²) < 4.78 is 10.2. The van der Waals surface area contributed by atoms with Crippen LogP contribution in [0.1, 0.15) is 12.5 Å². The van der Waals surface area contributed by atoms with Gasteiger partial charge in [0.15, 0.2) is 0 Å². The zero-order chi connectivity index (χ0) is 17.5. The van der Waals surface area contributed by atoms with Crippen molar-refractivity contribution in [3.05, 3.63) is 54.1 Å². The average Bonchev–Trinajstić information content (AvgIpc) is 2.54. The molecule has 1 N–H and O–H groups in total. The van der Waals surface area contributed by atoms with Gasteiger partial charge in [-0.05, 0) is 43.7 Å². The highest BCUT2D eigenvalue weighted by Gasteiger charge is 2.13. The predicted molar refractivity (Wildman–Crippen MR) is 92.7 cm³/mol. The maximum atomic E-state index is 12.0. The highest BCUT2D eigenvalue weighted by molar-refractivity contribution is 5.88. The molecule has 0 saturated carbocycles. The lowest BCUT2D eigenvalue weighted by atomic mass is 10.2. The fourth-order valence-corrected chi connectivity index (χ4v) is 2.05. The second-order valence-electron chi connectivity index (χ2n) is 5.14. The summed E-state index contributed by atoms with van der Waals surface area (Å²) in [5, 5.41) is 2.66. The molecule has 6 nitrogen and oxygen atoms in total. The average molecular weight is 328 g/mol. The standard InChI is InChI=1S/C18H20N2O4/c1-4-23-18(22)20(3)15-9-6-10-16(12-15)24-17(21)19-14-8-5-7-13(2)11-14/h5-12H,4H2,1-3H3,(H,19,21). The Bertz CT molecular complexity index is 730. The zero-order valence-electron chi connectivity index (χ0n) is 13.9. The molecule has 2 aromatic carbocycles.